The van der Waals surface area contributed by atoms with E-state index in [1.165, 1.54) is 24.5 Å². The van der Waals surface area contributed by atoms with E-state index in [-0.39, 0.29) is 16.3 Å². The normalized spacial score (nSPS) is 13.7. The zero-order valence-corrected chi connectivity index (χ0v) is 17.1. The Labute approximate surface area is 182 Å². The monoisotopic (exact) mass is 439 g/mol. The largest absolute Gasteiger partial charge is 0.353 e. The summed E-state index contributed by atoms with van der Waals surface area (Å²) in [6.07, 6.45) is 4.82. The van der Waals surface area contributed by atoms with Gasteiger partial charge in [-0.3, -0.25) is 14.9 Å². The predicted molar refractivity (Wildman–Crippen MR) is 117 cm³/mol. The molecule has 0 atom stereocenters. The van der Waals surface area contributed by atoms with Gasteiger partial charge in [0.1, 0.15) is 5.82 Å². The van der Waals surface area contributed by atoms with E-state index < -0.39 is 10.8 Å². The average Bonchev–Trinajstić information content (AvgIpc) is 2.80. The number of benzene rings is 1. The van der Waals surface area contributed by atoms with Gasteiger partial charge in [0, 0.05) is 44.5 Å². The fraction of sp³-hybridized carbons (Fsp3) is 0.200. The molecule has 3 aromatic rings. The molecule has 31 heavy (non-hydrogen) atoms. The molecular formula is C20H18ClN7O3. The molecule has 0 bridgehead atoms. The topological polar surface area (TPSA) is 117 Å². The number of hydrogen-bond acceptors (Lipinski definition) is 8. The second-order valence-electron chi connectivity index (χ2n) is 6.81. The van der Waals surface area contributed by atoms with Crippen molar-refractivity contribution in [2.75, 3.05) is 41.3 Å². The average molecular weight is 440 g/mol. The molecule has 10 nitrogen and oxygen atoms in total. The number of anilines is 3. The number of halogens is 1. The van der Waals surface area contributed by atoms with Gasteiger partial charge >= 0.3 is 0 Å². The number of piperazine rings is 1. The lowest BCUT2D eigenvalue weighted by Crippen LogP contribution is -2.47. The van der Waals surface area contributed by atoms with Crippen molar-refractivity contribution < 1.29 is 9.72 Å². The molecule has 1 aliphatic heterocycles. The Bertz CT molecular complexity index is 1090. The molecule has 0 unspecified atom stereocenters. The zero-order valence-electron chi connectivity index (χ0n) is 16.3. The first-order valence-electron chi connectivity index (χ1n) is 9.49. The van der Waals surface area contributed by atoms with Gasteiger partial charge < -0.3 is 15.1 Å². The molecule has 11 heteroatoms. The van der Waals surface area contributed by atoms with E-state index in [4.69, 9.17) is 11.6 Å². The number of amides is 1. The Morgan fingerprint density at radius 1 is 1.03 bits per heavy atom. The maximum atomic E-state index is 12.4. The first-order valence-corrected chi connectivity index (χ1v) is 9.87. The molecule has 2 aromatic heterocycles. The van der Waals surface area contributed by atoms with Crippen LogP contribution in [0.5, 0.6) is 0 Å². The smallest absolute Gasteiger partial charge is 0.270 e. The van der Waals surface area contributed by atoms with Gasteiger partial charge in [0.2, 0.25) is 5.95 Å². The van der Waals surface area contributed by atoms with E-state index in [9.17, 15) is 14.9 Å². The van der Waals surface area contributed by atoms with Crippen molar-refractivity contribution in [1.29, 1.82) is 0 Å². The molecule has 3 heterocycles. The second-order valence-corrected chi connectivity index (χ2v) is 7.22. The van der Waals surface area contributed by atoms with Crippen LogP contribution in [0.4, 0.5) is 23.1 Å². The fourth-order valence-corrected chi connectivity index (χ4v) is 3.49. The molecule has 0 spiro atoms. The van der Waals surface area contributed by atoms with Crippen LogP contribution in [-0.4, -0.2) is 52.0 Å². The van der Waals surface area contributed by atoms with Crippen molar-refractivity contribution in [3.63, 3.8) is 0 Å². The summed E-state index contributed by atoms with van der Waals surface area (Å²) >= 11 is 6.01. The number of carbonyl (C=O) groups excluding carboxylic acids is 1. The maximum absolute atomic E-state index is 12.4. The molecule has 1 saturated heterocycles. The molecule has 1 aliphatic rings. The first-order chi connectivity index (χ1) is 15.0. The van der Waals surface area contributed by atoms with Crippen LogP contribution >= 0.6 is 11.6 Å². The highest BCUT2D eigenvalue weighted by Crippen LogP contribution is 2.23. The molecular weight excluding hydrogens is 422 g/mol. The highest BCUT2D eigenvalue weighted by atomic mass is 35.5. The summed E-state index contributed by atoms with van der Waals surface area (Å²) in [5, 5.41) is 13.4. The minimum Gasteiger partial charge on any atom is -0.353 e. The summed E-state index contributed by atoms with van der Waals surface area (Å²) in [6.45, 7) is 3.11. The van der Waals surface area contributed by atoms with Crippen molar-refractivity contribution in [2.45, 2.75) is 0 Å². The third-order valence-electron chi connectivity index (χ3n) is 4.84. The molecule has 0 aliphatic carbocycles. The fourth-order valence-electron chi connectivity index (χ4n) is 3.23. The molecule has 1 fully saturated rings. The molecule has 158 valence electrons. The number of pyridine rings is 1. The van der Waals surface area contributed by atoms with Gasteiger partial charge in [-0.1, -0.05) is 17.7 Å². The van der Waals surface area contributed by atoms with Gasteiger partial charge in [-0.2, -0.15) is 0 Å². The molecule has 1 N–H and O–H groups in total. The first kappa shape index (κ1) is 20.5. The molecule has 0 saturated carbocycles. The highest BCUT2D eigenvalue weighted by molar-refractivity contribution is 6.34. The van der Waals surface area contributed by atoms with Crippen molar-refractivity contribution in [1.82, 2.24) is 15.0 Å². The van der Waals surface area contributed by atoms with Crippen molar-refractivity contribution in [3.05, 3.63) is 75.7 Å². The third kappa shape index (κ3) is 4.69. The van der Waals surface area contributed by atoms with Crippen LogP contribution in [0, 0.1) is 10.1 Å². The van der Waals surface area contributed by atoms with E-state index in [2.05, 4.69) is 30.1 Å². The van der Waals surface area contributed by atoms with Gasteiger partial charge in [0.25, 0.3) is 11.6 Å². The van der Waals surface area contributed by atoms with E-state index in [1.54, 1.807) is 6.20 Å². The zero-order chi connectivity index (χ0) is 21.8. The summed E-state index contributed by atoms with van der Waals surface area (Å²) in [6, 6.07) is 9.52. The highest BCUT2D eigenvalue weighted by Gasteiger charge is 2.20. The second kappa shape index (κ2) is 8.92. The number of nitro groups is 1. The summed E-state index contributed by atoms with van der Waals surface area (Å²) < 4.78 is 0. The number of carbonyl (C=O) groups is 1. The number of rotatable bonds is 5. The third-order valence-corrected chi connectivity index (χ3v) is 5.15. The van der Waals surface area contributed by atoms with Gasteiger partial charge in [0.15, 0.2) is 0 Å². The minimum atomic E-state index is -0.573. The van der Waals surface area contributed by atoms with Crippen LogP contribution in [0.1, 0.15) is 10.4 Å². The van der Waals surface area contributed by atoms with E-state index in [1.807, 2.05) is 18.2 Å². The van der Waals surface area contributed by atoms with Crippen molar-refractivity contribution in [2.24, 2.45) is 0 Å². The summed E-state index contributed by atoms with van der Waals surface area (Å²) in [7, 11) is 0. The van der Waals surface area contributed by atoms with Gasteiger partial charge in [0.05, 0.1) is 33.6 Å². The SMILES string of the molecule is O=C(Nc1cnc(N2CCN(c3ccccn3)CC2)nc1)c1ccc([N+](=O)[O-])cc1Cl. The number of nitrogens with one attached hydrogen (secondary N) is 1. The number of aromatic nitrogens is 3. The van der Waals surface area contributed by atoms with Gasteiger partial charge in [-0.05, 0) is 18.2 Å². The van der Waals surface area contributed by atoms with E-state index in [0.29, 0.717) is 11.6 Å². The van der Waals surface area contributed by atoms with Crippen molar-refractivity contribution >= 4 is 40.6 Å². The summed E-state index contributed by atoms with van der Waals surface area (Å²) in [5.74, 6) is 1.03. The molecule has 1 aromatic carbocycles. The van der Waals surface area contributed by atoms with Crippen LogP contribution in [-0.2, 0) is 0 Å². The Balaban J connectivity index is 1.36. The summed E-state index contributed by atoms with van der Waals surface area (Å²) in [5.41, 5.74) is 0.342. The van der Waals surface area contributed by atoms with Crippen LogP contribution in [0.2, 0.25) is 5.02 Å². The van der Waals surface area contributed by atoms with Gasteiger partial charge in [-0.25, -0.2) is 15.0 Å². The number of nitrogens with zero attached hydrogens (tertiary/aromatic N) is 6. The lowest BCUT2D eigenvalue weighted by atomic mass is 10.2. The predicted octanol–water partition coefficient (Wildman–Crippen LogP) is 3.01. The standard InChI is InChI=1S/C20H18ClN7O3/c21-17-11-15(28(30)31)4-5-16(17)19(29)25-14-12-23-20(24-13-14)27-9-7-26(8-10-27)18-3-1-2-6-22-18/h1-6,11-13H,7-10H2,(H,25,29). The maximum Gasteiger partial charge on any atom is 0.270 e. The molecule has 4 rings (SSSR count). The minimum absolute atomic E-state index is 0.00462. The van der Waals surface area contributed by atoms with E-state index in [0.717, 1.165) is 38.1 Å². The number of hydrogen-bond donors (Lipinski definition) is 1. The van der Waals surface area contributed by atoms with Crippen LogP contribution < -0.4 is 15.1 Å². The summed E-state index contributed by atoms with van der Waals surface area (Å²) in [4.78, 5) is 40.0. The quantitative estimate of drug-likeness (QED) is 0.476. The van der Waals surface area contributed by atoms with Crippen LogP contribution in [0.25, 0.3) is 0 Å². The molecule has 1 amide bonds. The van der Waals surface area contributed by atoms with Gasteiger partial charge in [-0.15, -0.1) is 0 Å². The van der Waals surface area contributed by atoms with E-state index >= 15 is 0 Å². The van der Waals surface area contributed by atoms with Crippen LogP contribution in [0.15, 0.2) is 55.0 Å². The Morgan fingerprint density at radius 2 is 1.74 bits per heavy atom. The lowest BCUT2D eigenvalue weighted by molar-refractivity contribution is -0.384. The number of nitro benzene ring substituents is 1. The Kier molecular flexibility index (Phi) is 5.89. The lowest BCUT2D eigenvalue weighted by Gasteiger charge is -2.35. The number of non-ortho nitro benzene ring substituents is 1. The Morgan fingerprint density at radius 3 is 2.35 bits per heavy atom. The van der Waals surface area contributed by atoms with Crippen LogP contribution in [0.3, 0.4) is 0 Å². The Hall–Kier alpha value is -3.79. The molecule has 0 radical (unpaired) electrons. The van der Waals surface area contributed by atoms with Crippen molar-refractivity contribution in [3.8, 4) is 0 Å².